The number of pyridine rings is 1. The Morgan fingerprint density at radius 2 is 1.91 bits per heavy atom. The first-order valence-electron chi connectivity index (χ1n) is 11.1. The number of aromatic nitrogens is 5. The minimum absolute atomic E-state index is 0.00322. The lowest BCUT2D eigenvalue weighted by molar-refractivity contribution is -0.139. The predicted octanol–water partition coefficient (Wildman–Crippen LogP) is 4.72. The third-order valence-electron chi connectivity index (χ3n) is 6.83. The van der Waals surface area contributed by atoms with Crippen molar-refractivity contribution in [3.05, 3.63) is 36.4 Å². The van der Waals surface area contributed by atoms with Crippen LogP contribution in [-0.2, 0) is 12.7 Å². The van der Waals surface area contributed by atoms with Gasteiger partial charge < -0.3 is 9.64 Å². The fourth-order valence-electron chi connectivity index (χ4n) is 5.06. The maximum atomic E-state index is 13.3. The highest BCUT2D eigenvalue weighted by Gasteiger charge is 2.43. The van der Waals surface area contributed by atoms with Gasteiger partial charge in [0.05, 0.1) is 24.7 Å². The normalized spacial score (nSPS) is 20.5. The van der Waals surface area contributed by atoms with Gasteiger partial charge in [0.1, 0.15) is 29.2 Å². The lowest BCUT2D eigenvalue weighted by atomic mass is 9.77. The van der Waals surface area contributed by atoms with E-state index in [9.17, 15) is 22.0 Å². The van der Waals surface area contributed by atoms with Crippen LogP contribution in [0.15, 0.2) is 30.9 Å². The first-order chi connectivity index (χ1) is 16.2. The van der Waals surface area contributed by atoms with Crippen molar-refractivity contribution in [3.8, 4) is 5.75 Å². The molecule has 0 bridgehead atoms. The van der Waals surface area contributed by atoms with Crippen LogP contribution in [0.3, 0.4) is 0 Å². The summed E-state index contributed by atoms with van der Waals surface area (Å²) in [5, 5.41) is 3.95. The van der Waals surface area contributed by atoms with Crippen LogP contribution in [-0.4, -0.2) is 50.4 Å². The van der Waals surface area contributed by atoms with Crippen molar-refractivity contribution in [1.29, 1.82) is 0 Å². The first kappa shape index (κ1) is 22.7. The van der Waals surface area contributed by atoms with Crippen molar-refractivity contribution in [2.75, 3.05) is 18.0 Å². The van der Waals surface area contributed by atoms with Gasteiger partial charge in [0.2, 0.25) is 0 Å². The van der Waals surface area contributed by atoms with Crippen LogP contribution in [0.5, 0.6) is 5.75 Å². The Hall–Kier alpha value is -3.05. The van der Waals surface area contributed by atoms with Gasteiger partial charge in [0.15, 0.2) is 5.65 Å². The van der Waals surface area contributed by atoms with Gasteiger partial charge in [-0.25, -0.2) is 23.4 Å². The molecule has 1 aliphatic heterocycles. The minimum atomic E-state index is -4.49. The molecule has 1 atom stereocenters. The summed E-state index contributed by atoms with van der Waals surface area (Å²) in [5.41, 5.74) is -0.0264. The van der Waals surface area contributed by atoms with E-state index in [1.807, 2.05) is 0 Å². The van der Waals surface area contributed by atoms with Gasteiger partial charge in [-0.2, -0.15) is 18.3 Å². The summed E-state index contributed by atoms with van der Waals surface area (Å²) in [6, 6.07) is 0.934. The van der Waals surface area contributed by atoms with Crippen molar-refractivity contribution in [2.24, 2.45) is 5.41 Å². The van der Waals surface area contributed by atoms with Gasteiger partial charge in [0, 0.05) is 19.3 Å². The van der Waals surface area contributed by atoms with Gasteiger partial charge in [0.25, 0.3) is 6.43 Å². The lowest BCUT2D eigenvalue weighted by Gasteiger charge is -2.39. The van der Waals surface area contributed by atoms with Gasteiger partial charge in [-0.05, 0) is 43.6 Å². The van der Waals surface area contributed by atoms with E-state index < -0.39 is 24.7 Å². The zero-order valence-electron chi connectivity index (χ0n) is 18.2. The standard InChI is InChI=1S/C22H23F5N6O/c23-18(24)13-33-20-16(10-30-33)29-12-19(31-20)32-7-4-21(5-8-32)3-1-14(9-21)34-17-11-28-6-2-15(17)22(25,26)27/h2,6,10-12,14,18H,1,3-5,7-9,13H2. The van der Waals surface area contributed by atoms with Crippen molar-refractivity contribution < 1.29 is 26.7 Å². The third-order valence-corrected chi connectivity index (χ3v) is 6.83. The molecular weight excluding hydrogens is 459 g/mol. The summed E-state index contributed by atoms with van der Waals surface area (Å²) in [7, 11) is 0. The lowest BCUT2D eigenvalue weighted by Crippen LogP contribution is -2.40. The van der Waals surface area contributed by atoms with Gasteiger partial charge in [-0.1, -0.05) is 0 Å². The van der Waals surface area contributed by atoms with E-state index in [-0.39, 0.29) is 17.3 Å². The summed E-state index contributed by atoms with van der Waals surface area (Å²) in [6.45, 7) is 0.840. The Kier molecular flexibility index (Phi) is 5.76. The third kappa shape index (κ3) is 4.49. The van der Waals surface area contributed by atoms with Crippen LogP contribution in [0.25, 0.3) is 11.2 Å². The maximum absolute atomic E-state index is 13.3. The molecule has 0 radical (unpaired) electrons. The molecule has 2 aliphatic rings. The molecule has 1 saturated carbocycles. The topological polar surface area (TPSA) is 69.0 Å². The molecule has 1 spiro atoms. The largest absolute Gasteiger partial charge is 0.488 e. The number of hydrogen-bond donors (Lipinski definition) is 0. The molecule has 34 heavy (non-hydrogen) atoms. The molecule has 3 aromatic rings. The molecule has 5 rings (SSSR count). The Morgan fingerprint density at radius 1 is 1.12 bits per heavy atom. The molecule has 12 heteroatoms. The monoisotopic (exact) mass is 482 g/mol. The second-order valence-corrected chi connectivity index (χ2v) is 8.99. The number of halogens is 5. The van der Waals surface area contributed by atoms with E-state index in [4.69, 9.17) is 4.74 Å². The molecule has 3 aromatic heterocycles. The van der Waals surface area contributed by atoms with E-state index in [1.165, 1.54) is 6.20 Å². The molecule has 182 valence electrons. The van der Waals surface area contributed by atoms with E-state index in [0.29, 0.717) is 42.9 Å². The highest BCUT2D eigenvalue weighted by molar-refractivity contribution is 5.71. The number of rotatable bonds is 5. The van der Waals surface area contributed by atoms with E-state index in [2.05, 4.69) is 25.0 Å². The van der Waals surface area contributed by atoms with E-state index in [0.717, 1.165) is 42.4 Å². The van der Waals surface area contributed by atoms with E-state index in [1.54, 1.807) is 6.20 Å². The first-order valence-corrected chi connectivity index (χ1v) is 11.1. The van der Waals surface area contributed by atoms with Crippen LogP contribution >= 0.6 is 0 Å². The van der Waals surface area contributed by atoms with Gasteiger partial charge in [-0.3, -0.25) is 4.98 Å². The van der Waals surface area contributed by atoms with Crippen LogP contribution in [0.2, 0.25) is 0 Å². The van der Waals surface area contributed by atoms with Crippen LogP contribution in [0.1, 0.15) is 37.7 Å². The number of alkyl halides is 5. The zero-order valence-corrected chi connectivity index (χ0v) is 18.2. The second kappa shape index (κ2) is 8.62. The smallest absolute Gasteiger partial charge is 0.420 e. The SMILES string of the molecule is FC(F)Cn1ncc2ncc(N3CCC4(CCC(Oc5cnccc5C(F)(F)F)C4)CC3)nc21. The maximum Gasteiger partial charge on any atom is 0.420 e. The fourth-order valence-corrected chi connectivity index (χ4v) is 5.06. The molecule has 1 saturated heterocycles. The van der Waals surface area contributed by atoms with E-state index >= 15 is 0 Å². The number of nitrogens with zero attached hydrogens (tertiary/aromatic N) is 6. The summed E-state index contributed by atoms with van der Waals surface area (Å²) < 4.78 is 72.4. The highest BCUT2D eigenvalue weighted by atomic mass is 19.4. The predicted molar refractivity (Wildman–Crippen MR) is 113 cm³/mol. The van der Waals surface area contributed by atoms with Crippen molar-refractivity contribution in [1.82, 2.24) is 24.7 Å². The summed E-state index contributed by atoms with van der Waals surface area (Å²) >= 11 is 0. The minimum Gasteiger partial charge on any atom is -0.488 e. The summed E-state index contributed by atoms with van der Waals surface area (Å²) in [4.78, 5) is 14.7. The number of anilines is 1. The summed E-state index contributed by atoms with van der Waals surface area (Å²) in [6.07, 6.45) is 1.86. The highest BCUT2D eigenvalue weighted by Crippen LogP contribution is 2.48. The molecular formula is C22H23F5N6O. The number of fused-ring (bicyclic) bond motifs is 1. The molecule has 4 heterocycles. The van der Waals surface area contributed by atoms with Crippen molar-refractivity contribution >= 4 is 17.0 Å². The number of piperidine rings is 1. The number of ether oxygens (including phenoxy) is 1. The molecule has 7 nitrogen and oxygen atoms in total. The average molecular weight is 482 g/mol. The molecule has 0 amide bonds. The summed E-state index contributed by atoms with van der Waals surface area (Å²) in [5.74, 6) is 0.382. The van der Waals surface area contributed by atoms with Crippen molar-refractivity contribution in [2.45, 2.75) is 57.4 Å². The number of hydrogen-bond acceptors (Lipinski definition) is 6. The van der Waals surface area contributed by atoms with Crippen LogP contribution in [0.4, 0.5) is 27.8 Å². The molecule has 2 fully saturated rings. The molecule has 1 unspecified atom stereocenters. The van der Waals surface area contributed by atoms with Gasteiger partial charge in [-0.15, -0.1) is 0 Å². The Labute approximate surface area is 192 Å². The Balaban J connectivity index is 1.24. The fraction of sp³-hybridized carbons (Fsp3) is 0.545. The molecule has 0 N–H and O–H groups in total. The average Bonchev–Trinajstić information content (AvgIpc) is 3.37. The zero-order chi connectivity index (χ0) is 23.9. The van der Waals surface area contributed by atoms with Crippen LogP contribution in [0, 0.1) is 5.41 Å². The Bertz CT molecular complexity index is 1160. The molecule has 0 aromatic carbocycles. The molecule has 1 aliphatic carbocycles. The van der Waals surface area contributed by atoms with Crippen molar-refractivity contribution in [3.63, 3.8) is 0 Å². The van der Waals surface area contributed by atoms with Crippen LogP contribution < -0.4 is 9.64 Å². The van der Waals surface area contributed by atoms with Gasteiger partial charge >= 0.3 is 6.18 Å². The quantitative estimate of drug-likeness (QED) is 0.490. The second-order valence-electron chi connectivity index (χ2n) is 8.99. The Morgan fingerprint density at radius 3 is 2.65 bits per heavy atom.